The quantitative estimate of drug-likeness (QED) is 0.107. The fourth-order valence-electron chi connectivity index (χ4n) is 4.70. The fraction of sp³-hybridized carbons (Fsp3) is 0.323. The van der Waals surface area contributed by atoms with Crippen LogP contribution in [-0.2, 0) is 6.18 Å². The van der Waals surface area contributed by atoms with Crippen LogP contribution in [-0.4, -0.2) is 68.3 Å². The third kappa shape index (κ3) is 7.81. The van der Waals surface area contributed by atoms with Gasteiger partial charge >= 0.3 is 6.18 Å². The number of halogens is 4. The smallest absolute Gasteiger partial charge is 0.417 e. The van der Waals surface area contributed by atoms with Crippen molar-refractivity contribution < 1.29 is 31.8 Å². The van der Waals surface area contributed by atoms with Crippen molar-refractivity contribution in [3.8, 4) is 23.0 Å². The van der Waals surface area contributed by atoms with Gasteiger partial charge in [-0.3, -0.25) is 4.98 Å². The summed E-state index contributed by atoms with van der Waals surface area (Å²) >= 11 is 0.752. The Labute approximate surface area is 251 Å². The zero-order chi connectivity index (χ0) is 30.4. The Morgan fingerprint density at radius 1 is 0.930 bits per heavy atom. The maximum absolute atomic E-state index is 15.1. The third-order valence-electron chi connectivity index (χ3n) is 7.08. The van der Waals surface area contributed by atoms with Crippen molar-refractivity contribution in [2.75, 3.05) is 58.2 Å². The number of alkyl halides is 3. The van der Waals surface area contributed by atoms with Crippen LogP contribution in [0.1, 0.15) is 12.0 Å². The number of hydrogen-bond donors (Lipinski definition) is 1. The molecule has 1 aliphatic rings. The molecule has 0 amide bonds. The van der Waals surface area contributed by atoms with E-state index in [0.29, 0.717) is 34.8 Å². The van der Waals surface area contributed by atoms with E-state index in [2.05, 4.69) is 26.6 Å². The van der Waals surface area contributed by atoms with Crippen molar-refractivity contribution in [3.63, 3.8) is 0 Å². The van der Waals surface area contributed by atoms with E-state index in [1.807, 2.05) is 0 Å². The lowest BCUT2D eigenvalue weighted by Crippen LogP contribution is -2.44. The number of benzene rings is 3. The van der Waals surface area contributed by atoms with Crippen LogP contribution in [0.25, 0.3) is 10.9 Å². The number of nitrogens with one attached hydrogen (secondary N) is 1. The lowest BCUT2D eigenvalue weighted by atomic mass is 10.1. The second kappa shape index (κ2) is 13.7. The number of piperazine rings is 1. The molecule has 5 rings (SSSR count). The third-order valence-corrected chi connectivity index (χ3v) is 8.00. The molecule has 0 bridgehead atoms. The van der Waals surface area contributed by atoms with Gasteiger partial charge in [0.2, 0.25) is 0 Å². The Balaban J connectivity index is 1.27. The van der Waals surface area contributed by atoms with Crippen molar-refractivity contribution >= 4 is 28.5 Å². The van der Waals surface area contributed by atoms with Crippen LogP contribution in [0.5, 0.6) is 23.0 Å². The summed E-state index contributed by atoms with van der Waals surface area (Å²) in [5.74, 6) is 0.686. The first-order chi connectivity index (χ1) is 20.7. The van der Waals surface area contributed by atoms with E-state index >= 15 is 4.39 Å². The van der Waals surface area contributed by atoms with Crippen molar-refractivity contribution in [2.45, 2.75) is 17.5 Å². The molecule has 1 aliphatic heterocycles. The number of methoxy groups -OCH3 is 1. The van der Waals surface area contributed by atoms with Gasteiger partial charge in [0.1, 0.15) is 5.75 Å². The van der Waals surface area contributed by atoms with Crippen LogP contribution in [0.2, 0.25) is 0 Å². The summed E-state index contributed by atoms with van der Waals surface area (Å²) < 4.78 is 75.3. The maximum Gasteiger partial charge on any atom is 0.417 e. The highest BCUT2D eigenvalue weighted by molar-refractivity contribution is 8.00. The number of hydrogen-bond acceptors (Lipinski definition) is 8. The van der Waals surface area contributed by atoms with Gasteiger partial charge in [-0.25, -0.2) is 4.39 Å². The summed E-state index contributed by atoms with van der Waals surface area (Å²) in [7, 11) is 3.69. The molecule has 1 fully saturated rings. The predicted octanol–water partition coefficient (Wildman–Crippen LogP) is 7.33. The highest BCUT2D eigenvalue weighted by atomic mass is 32.2. The van der Waals surface area contributed by atoms with Gasteiger partial charge in [0.25, 0.3) is 0 Å². The summed E-state index contributed by atoms with van der Waals surface area (Å²) in [6.07, 6.45) is -2.09. The number of anilines is 1. The number of aromatic nitrogens is 1. The number of rotatable bonds is 11. The Bertz CT molecular complexity index is 1550. The molecule has 3 aromatic carbocycles. The largest absolute Gasteiger partial charge is 0.493 e. The summed E-state index contributed by atoms with van der Waals surface area (Å²) in [6.45, 7) is 5.65. The zero-order valence-electron chi connectivity index (χ0n) is 23.8. The lowest BCUT2D eigenvalue weighted by molar-refractivity contribution is -0.139. The van der Waals surface area contributed by atoms with E-state index in [0.717, 1.165) is 57.2 Å². The first kappa shape index (κ1) is 30.7. The van der Waals surface area contributed by atoms with Gasteiger partial charge in [0.15, 0.2) is 23.1 Å². The van der Waals surface area contributed by atoms with Gasteiger partial charge in [0.05, 0.1) is 24.8 Å². The topological polar surface area (TPSA) is 59.1 Å². The molecule has 0 aliphatic carbocycles. The van der Waals surface area contributed by atoms with Crippen LogP contribution in [0.3, 0.4) is 0 Å². The minimum atomic E-state index is -4.50. The van der Waals surface area contributed by atoms with Crippen molar-refractivity contribution in [1.82, 2.24) is 14.8 Å². The minimum Gasteiger partial charge on any atom is -0.493 e. The Morgan fingerprint density at radius 2 is 1.72 bits per heavy atom. The van der Waals surface area contributed by atoms with E-state index in [9.17, 15) is 13.2 Å². The lowest BCUT2D eigenvalue weighted by Gasteiger charge is -2.32. The first-order valence-electron chi connectivity index (χ1n) is 13.8. The highest BCUT2D eigenvalue weighted by Crippen LogP contribution is 2.39. The number of likely N-dealkylation sites (N-methyl/N-ethyl adjacent to an activating group) is 1. The maximum atomic E-state index is 15.1. The summed E-state index contributed by atoms with van der Waals surface area (Å²) in [4.78, 5) is 9.12. The molecule has 2 heterocycles. The molecule has 228 valence electrons. The van der Waals surface area contributed by atoms with Gasteiger partial charge in [-0.05, 0) is 61.8 Å². The number of ether oxygens (including phenoxy) is 3. The molecule has 0 saturated carbocycles. The van der Waals surface area contributed by atoms with Crippen LogP contribution >= 0.6 is 11.9 Å². The fourth-order valence-corrected chi connectivity index (χ4v) is 5.50. The summed E-state index contributed by atoms with van der Waals surface area (Å²) in [5, 5.41) is 0.610. The predicted molar refractivity (Wildman–Crippen MR) is 160 cm³/mol. The average Bonchev–Trinajstić information content (AvgIpc) is 3.00. The molecule has 0 unspecified atom stereocenters. The molecule has 12 heteroatoms. The monoisotopic (exact) mass is 616 g/mol. The van der Waals surface area contributed by atoms with Gasteiger partial charge in [-0.2, -0.15) is 13.2 Å². The SMILES string of the molecule is COc1cc2nccc(Oc3ccc(NSc4ccccc4C(F)(F)F)cc3F)c2cc1OCCCN1CCN(C)CC1. The molecule has 0 radical (unpaired) electrons. The molecule has 0 spiro atoms. The standard InChI is InChI=1S/C31H32F4N4O3S/c1-38-13-15-39(16-14-38)12-5-17-41-29-19-22-25(20-28(29)40-2)36-11-10-26(22)42-27-9-8-21(18-24(27)32)37-43-30-7-4-3-6-23(30)31(33,34)35/h3-4,6-11,18-20,37H,5,12-17H2,1-2H3. The molecule has 0 atom stereocenters. The molecular formula is C31H32F4N4O3S. The van der Waals surface area contributed by atoms with Gasteiger partial charge in [-0.15, -0.1) is 0 Å². The zero-order valence-corrected chi connectivity index (χ0v) is 24.6. The minimum absolute atomic E-state index is 0.0215. The number of nitrogens with zero attached hydrogens (tertiary/aromatic N) is 3. The van der Waals surface area contributed by atoms with Crippen molar-refractivity contribution in [1.29, 1.82) is 0 Å². The van der Waals surface area contributed by atoms with E-state index < -0.39 is 17.6 Å². The number of fused-ring (bicyclic) bond motifs is 1. The molecule has 4 aromatic rings. The average molecular weight is 617 g/mol. The van der Waals surface area contributed by atoms with E-state index in [-0.39, 0.29) is 16.3 Å². The Kier molecular flexibility index (Phi) is 9.79. The van der Waals surface area contributed by atoms with Gasteiger partial charge < -0.3 is 28.7 Å². The van der Waals surface area contributed by atoms with Crippen LogP contribution in [0, 0.1) is 5.82 Å². The first-order valence-corrected chi connectivity index (χ1v) is 14.6. The van der Waals surface area contributed by atoms with Crippen LogP contribution in [0.4, 0.5) is 23.2 Å². The molecule has 7 nitrogen and oxygen atoms in total. The Morgan fingerprint density at radius 3 is 2.47 bits per heavy atom. The number of pyridine rings is 1. The second-order valence-corrected chi connectivity index (χ2v) is 11.0. The van der Waals surface area contributed by atoms with E-state index in [4.69, 9.17) is 14.2 Å². The van der Waals surface area contributed by atoms with Crippen LogP contribution in [0.15, 0.2) is 71.8 Å². The van der Waals surface area contributed by atoms with E-state index in [1.54, 1.807) is 31.5 Å². The molecule has 43 heavy (non-hydrogen) atoms. The molecular weight excluding hydrogens is 584 g/mol. The molecule has 1 saturated heterocycles. The highest BCUT2D eigenvalue weighted by Gasteiger charge is 2.33. The van der Waals surface area contributed by atoms with Crippen molar-refractivity contribution in [2.24, 2.45) is 0 Å². The van der Waals surface area contributed by atoms with Crippen molar-refractivity contribution in [3.05, 3.63) is 78.2 Å². The van der Waals surface area contributed by atoms with Gasteiger partial charge in [-0.1, -0.05) is 12.1 Å². The van der Waals surface area contributed by atoms with Gasteiger partial charge in [0, 0.05) is 67.0 Å². The summed E-state index contributed by atoms with van der Waals surface area (Å²) in [5.41, 5.74) is 0.0912. The summed E-state index contributed by atoms with van der Waals surface area (Å²) in [6, 6.07) is 14.4. The second-order valence-electron chi connectivity index (χ2n) is 10.1. The van der Waals surface area contributed by atoms with Crippen LogP contribution < -0.4 is 18.9 Å². The normalized spacial score (nSPS) is 14.6. The molecule has 1 aromatic heterocycles. The molecule has 1 N–H and O–H groups in total. The van der Waals surface area contributed by atoms with E-state index in [1.165, 1.54) is 36.4 Å². The Hall–Kier alpha value is -3.74.